The molecular weight excluding hydrogens is 877 g/mol. The van der Waals surface area contributed by atoms with E-state index in [1.165, 1.54) is 64.2 Å². The molecule has 0 amide bonds. The first-order valence-corrected chi connectivity index (χ1v) is 28.7. The first-order chi connectivity index (χ1) is 35.0. The fourth-order valence-corrected chi connectivity index (χ4v) is 7.41. The smallest absolute Gasteiger partial charge is 0.306 e. The molecule has 0 aromatic rings. The highest BCUT2D eigenvalue weighted by Gasteiger charge is 2.19. The van der Waals surface area contributed by atoms with Crippen molar-refractivity contribution in [1.82, 2.24) is 0 Å². The predicted octanol–water partition coefficient (Wildman–Crippen LogP) is 19.4. The van der Waals surface area contributed by atoms with Crippen LogP contribution in [0.3, 0.4) is 0 Å². The van der Waals surface area contributed by atoms with Gasteiger partial charge in [0.2, 0.25) is 0 Å². The van der Waals surface area contributed by atoms with Gasteiger partial charge in [-0.3, -0.25) is 14.4 Å². The Labute approximate surface area is 436 Å². The normalized spacial score (nSPS) is 13.1. The Morgan fingerprint density at radius 1 is 0.296 bits per heavy atom. The third-order valence-electron chi connectivity index (χ3n) is 11.7. The third kappa shape index (κ3) is 56.3. The Morgan fingerprint density at radius 3 is 0.887 bits per heavy atom. The summed E-state index contributed by atoms with van der Waals surface area (Å²) in [6.07, 6.45) is 81.7. The Morgan fingerprint density at radius 2 is 0.549 bits per heavy atom. The number of carbonyl (C=O) groups excluding carboxylic acids is 3. The van der Waals surface area contributed by atoms with Gasteiger partial charge in [-0.05, 0) is 116 Å². The molecule has 0 rings (SSSR count). The summed E-state index contributed by atoms with van der Waals surface area (Å²) in [7, 11) is 0. The molecule has 0 aliphatic heterocycles. The van der Waals surface area contributed by atoms with Crippen molar-refractivity contribution in [3.63, 3.8) is 0 Å². The molecule has 400 valence electrons. The second-order valence-electron chi connectivity index (χ2n) is 18.4. The Hall–Kier alpha value is -4.45. The van der Waals surface area contributed by atoms with Gasteiger partial charge in [0.1, 0.15) is 13.2 Å². The van der Waals surface area contributed by atoms with Gasteiger partial charge in [-0.2, -0.15) is 0 Å². The lowest BCUT2D eigenvalue weighted by molar-refractivity contribution is -0.167. The van der Waals surface area contributed by atoms with Gasteiger partial charge in [0.25, 0.3) is 0 Å². The molecule has 0 spiro atoms. The number of rotatable bonds is 50. The van der Waals surface area contributed by atoms with Crippen molar-refractivity contribution in [2.75, 3.05) is 13.2 Å². The van der Waals surface area contributed by atoms with E-state index in [0.717, 1.165) is 128 Å². The highest BCUT2D eigenvalue weighted by atomic mass is 16.6. The molecule has 0 radical (unpaired) electrons. The standard InChI is InChI=1S/C65H104O6/c1-4-7-10-13-16-19-21-23-25-27-28-29-30-31-32-33-34-35-36-38-39-41-43-46-49-52-55-58-64(67)70-61-62(60-69-63(66)57-54-51-48-45-18-15-12-9-6-3)71-65(68)59-56-53-50-47-44-42-40-37-26-24-22-20-17-14-11-8-5-2/h7-8,10-11,16-17,19-20,23-26,28-29,31-32,34-35,38-39,43,46,62H,4-6,9,12-15,18,21-22,27,30,33,36-37,40-42,44-45,47-61H2,1-3H3/b10-7-,11-8-,19-16-,20-17-,25-23-,26-24-,29-28-,32-31-,35-34-,39-38-,46-43-. The molecule has 0 aliphatic carbocycles. The zero-order valence-electron chi connectivity index (χ0n) is 45.7. The Balaban J connectivity index is 4.38. The van der Waals surface area contributed by atoms with Crippen molar-refractivity contribution in [2.45, 2.75) is 245 Å². The minimum atomic E-state index is -0.804. The largest absolute Gasteiger partial charge is 0.462 e. The van der Waals surface area contributed by atoms with Crippen molar-refractivity contribution < 1.29 is 28.6 Å². The van der Waals surface area contributed by atoms with Crippen LogP contribution in [-0.4, -0.2) is 37.2 Å². The van der Waals surface area contributed by atoms with E-state index in [1.54, 1.807) is 0 Å². The lowest BCUT2D eigenvalue weighted by Crippen LogP contribution is -2.30. The molecule has 6 heteroatoms. The summed E-state index contributed by atoms with van der Waals surface area (Å²) in [5.74, 6) is -0.962. The van der Waals surface area contributed by atoms with Crippen LogP contribution in [0.2, 0.25) is 0 Å². The second-order valence-corrected chi connectivity index (χ2v) is 18.4. The van der Waals surface area contributed by atoms with Crippen LogP contribution in [0.5, 0.6) is 0 Å². The van der Waals surface area contributed by atoms with Gasteiger partial charge in [0.05, 0.1) is 0 Å². The number of esters is 3. The van der Waals surface area contributed by atoms with E-state index >= 15 is 0 Å². The molecule has 1 unspecified atom stereocenters. The number of hydrogen-bond donors (Lipinski definition) is 0. The van der Waals surface area contributed by atoms with Crippen LogP contribution in [0.4, 0.5) is 0 Å². The van der Waals surface area contributed by atoms with Gasteiger partial charge < -0.3 is 14.2 Å². The number of carbonyl (C=O) groups is 3. The monoisotopic (exact) mass is 981 g/mol. The highest BCUT2D eigenvalue weighted by molar-refractivity contribution is 5.71. The maximum Gasteiger partial charge on any atom is 0.306 e. The summed E-state index contributed by atoms with van der Waals surface area (Å²) in [4.78, 5) is 38.0. The van der Waals surface area contributed by atoms with E-state index in [0.29, 0.717) is 25.7 Å². The first-order valence-electron chi connectivity index (χ1n) is 28.7. The van der Waals surface area contributed by atoms with Gasteiger partial charge in [0.15, 0.2) is 6.10 Å². The molecule has 1 atom stereocenters. The molecule has 0 fully saturated rings. The molecule has 0 bridgehead atoms. The van der Waals surface area contributed by atoms with Crippen LogP contribution in [0.15, 0.2) is 134 Å². The van der Waals surface area contributed by atoms with E-state index in [-0.39, 0.29) is 31.1 Å². The Kier molecular flexibility index (Phi) is 54.5. The zero-order chi connectivity index (χ0) is 51.4. The SMILES string of the molecule is CC/C=C\C/C=C\C/C=C\C/C=C\C/C=C\C/C=C\C/C=C\C/C=C\CCCCC(=O)OCC(COC(=O)CCCCCCCCCCC)OC(=O)CCCCCCCCC/C=C\C/C=C\C/C=C\CC. The number of unbranched alkanes of at least 4 members (excludes halogenated alkanes) is 17. The maximum atomic E-state index is 12.8. The number of allylic oxidation sites excluding steroid dienone is 22. The van der Waals surface area contributed by atoms with Gasteiger partial charge in [-0.15, -0.1) is 0 Å². The van der Waals surface area contributed by atoms with Crippen molar-refractivity contribution in [1.29, 1.82) is 0 Å². The van der Waals surface area contributed by atoms with E-state index in [9.17, 15) is 14.4 Å². The summed E-state index contributed by atoms with van der Waals surface area (Å²) in [6.45, 7) is 6.34. The highest BCUT2D eigenvalue weighted by Crippen LogP contribution is 2.14. The minimum absolute atomic E-state index is 0.0988. The van der Waals surface area contributed by atoms with Crippen LogP contribution < -0.4 is 0 Å². The molecule has 71 heavy (non-hydrogen) atoms. The molecule has 0 N–H and O–H groups in total. The lowest BCUT2D eigenvalue weighted by atomic mass is 10.1. The van der Waals surface area contributed by atoms with Crippen LogP contribution in [0.1, 0.15) is 239 Å². The minimum Gasteiger partial charge on any atom is -0.462 e. The molecule has 0 saturated heterocycles. The Bertz CT molecular complexity index is 1550. The second kappa shape index (κ2) is 58.1. The first kappa shape index (κ1) is 66.6. The molecule has 0 saturated carbocycles. The summed E-state index contributed by atoms with van der Waals surface area (Å²) in [5.41, 5.74) is 0. The molecule has 0 aliphatic rings. The topological polar surface area (TPSA) is 78.9 Å². The summed E-state index contributed by atoms with van der Waals surface area (Å²) >= 11 is 0. The van der Waals surface area contributed by atoms with Gasteiger partial charge in [-0.1, -0.05) is 238 Å². The predicted molar refractivity (Wildman–Crippen MR) is 306 cm³/mol. The van der Waals surface area contributed by atoms with Crippen molar-refractivity contribution in [3.05, 3.63) is 134 Å². The van der Waals surface area contributed by atoms with Crippen LogP contribution in [0.25, 0.3) is 0 Å². The van der Waals surface area contributed by atoms with E-state index in [4.69, 9.17) is 14.2 Å². The third-order valence-corrected chi connectivity index (χ3v) is 11.7. The fourth-order valence-electron chi connectivity index (χ4n) is 7.41. The number of hydrogen-bond acceptors (Lipinski definition) is 6. The van der Waals surface area contributed by atoms with Crippen molar-refractivity contribution >= 4 is 17.9 Å². The molecule has 0 heterocycles. The quantitative estimate of drug-likeness (QED) is 0.0262. The zero-order valence-corrected chi connectivity index (χ0v) is 45.7. The average Bonchev–Trinajstić information content (AvgIpc) is 3.37. The number of ether oxygens (including phenoxy) is 3. The van der Waals surface area contributed by atoms with E-state index in [1.807, 2.05) is 0 Å². The lowest BCUT2D eigenvalue weighted by Gasteiger charge is -2.18. The van der Waals surface area contributed by atoms with Crippen LogP contribution in [-0.2, 0) is 28.6 Å². The molecular formula is C65H104O6. The maximum absolute atomic E-state index is 12.8. The van der Waals surface area contributed by atoms with E-state index in [2.05, 4.69) is 154 Å². The molecule has 6 nitrogen and oxygen atoms in total. The molecule has 0 aromatic carbocycles. The van der Waals surface area contributed by atoms with Gasteiger partial charge in [0, 0.05) is 19.3 Å². The van der Waals surface area contributed by atoms with Gasteiger partial charge >= 0.3 is 17.9 Å². The van der Waals surface area contributed by atoms with Crippen molar-refractivity contribution in [3.8, 4) is 0 Å². The summed E-state index contributed by atoms with van der Waals surface area (Å²) in [5, 5.41) is 0. The summed E-state index contributed by atoms with van der Waals surface area (Å²) in [6, 6.07) is 0. The fraction of sp³-hybridized carbons (Fsp3) is 0.615. The van der Waals surface area contributed by atoms with Gasteiger partial charge in [-0.25, -0.2) is 0 Å². The average molecular weight is 982 g/mol. The van der Waals surface area contributed by atoms with Crippen LogP contribution in [0, 0.1) is 0 Å². The van der Waals surface area contributed by atoms with Crippen molar-refractivity contribution in [2.24, 2.45) is 0 Å². The summed E-state index contributed by atoms with van der Waals surface area (Å²) < 4.78 is 16.8. The van der Waals surface area contributed by atoms with E-state index < -0.39 is 6.10 Å². The molecule has 0 aromatic heterocycles. The van der Waals surface area contributed by atoms with Crippen LogP contribution >= 0.6 is 0 Å².